The smallest absolute Gasteiger partial charge is 0.406 e. The van der Waals surface area contributed by atoms with Crippen molar-refractivity contribution in [2.75, 3.05) is 7.05 Å². The van der Waals surface area contributed by atoms with Crippen LogP contribution in [-0.4, -0.2) is 18.4 Å². The minimum absolute atomic E-state index is 0.0885. The number of thiazole rings is 1. The first-order valence-electron chi connectivity index (χ1n) is 6.31. The van der Waals surface area contributed by atoms with E-state index in [0.717, 1.165) is 15.4 Å². The molecule has 1 N–H and O–H groups in total. The van der Waals surface area contributed by atoms with Gasteiger partial charge in [-0.2, -0.15) is 0 Å². The van der Waals surface area contributed by atoms with E-state index in [4.69, 9.17) is 0 Å². The molecular weight excluding hydrogens is 301 g/mol. The van der Waals surface area contributed by atoms with Crippen LogP contribution in [0.2, 0.25) is 0 Å². The van der Waals surface area contributed by atoms with Gasteiger partial charge < -0.3 is 10.1 Å². The number of likely N-dealkylation sites (N-methyl/N-ethyl adjacent to an activating group) is 1. The summed E-state index contributed by atoms with van der Waals surface area (Å²) in [7, 11) is 1.85. The lowest BCUT2D eigenvalue weighted by Crippen LogP contribution is -2.18. The van der Waals surface area contributed by atoms with Gasteiger partial charge in [0.2, 0.25) is 0 Å². The first-order valence-corrected chi connectivity index (χ1v) is 7.13. The summed E-state index contributed by atoms with van der Waals surface area (Å²) < 4.78 is 40.1. The van der Waals surface area contributed by atoms with E-state index < -0.39 is 6.36 Å². The standard InChI is InChI=1S/C14H15F3N2OS/c1-9-19-8-13(21-9)12(18-2)7-10-3-5-11(6-4-10)20-14(15,16)17/h3-6,8,12,18H,7H2,1-2H3. The zero-order chi connectivity index (χ0) is 15.5. The van der Waals surface area contributed by atoms with E-state index in [0.29, 0.717) is 6.42 Å². The number of hydrogen-bond donors (Lipinski definition) is 1. The van der Waals surface area contributed by atoms with E-state index in [1.807, 2.05) is 20.2 Å². The molecule has 1 aromatic carbocycles. The van der Waals surface area contributed by atoms with Crippen LogP contribution < -0.4 is 10.1 Å². The monoisotopic (exact) mass is 316 g/mol. The Kier molecular flexibility index (Phi) is 4.84. The Labute approximate surface area is 124 Å². The van der Waals surface area contributed by atoms with Gasteiger partial charge in [-0.05, 0) is 38.1 Å². The van der Waals surface area contributed by atoms with Crippen molar-refractivity contribution in [1.82, 2.24) is 10.3 Å². The van der Waals surface area contributed by atoms with Gasteiger partial charge >= 0.3 is 6.36 Å². The maximum atomic E-state index is 12.1. The molecule has 2 rings (SSSR count). The van der Waals surface area contributed by atoms with Crippen LogP contribution >= 0.6 is 11.3 Å². The first kappa shape index (κ1) is 15.8. The molecule has 0 spiro atoms. The highest BCUT2D eigenvalue weighted by Crippen LogP contribution is 2.26. The molecule has 0 aliphatic heterocycles. The molecule has 0 saturated heterocycles. The van der Waals surface area contributed by atoms with Crippen LogP contribution in [0.3, 0.4) is 0 Å². The Hall–Kier alpha value is -1.60. The number of nitrogens with one attached hydrogen (secondary N) is 1. The number of benzene rings is 1. The molecule has 7 heteroatoms. The third-order valence-electron chi connectivity index (χ3n) is 2.93. The summed E-state index contributed by atoms with van der Waals surface area (Å²) in [6.45, 7) is 1.93. The molecule has 21 heavy (non-hydrogen) atoms. The summed E-state index contributed by atoms with van der Waals surface area (Å²) in [5.74, 6) is -0.208. The minimum atomic E-state index is -4.66. The molecule has 1 heterocycles. The lowest BCUT2D eigenvalue weighted by molar-refractivity contribution is -0.274. The average Bonchev–Trinajstić information content (AvgIpc) is 2.82. The van der Waals surface area contributed by atoms with Crippen LogP contribution in [-0.2, 0) is 6.42 Å². The van der Waals surface area contributed by atoms with Gasteiger partial charge in [0.15, 0.2) is 0 Å². The Morgan fingerprint density at radius 3 is 2.43 bits per heavy atom. The van der Waals surface area contributed by atoms with Crippen molar-refractivity contribution in [1.29, 1.82) is 0 Å². The topological polar surface area (TPSA) is 34.1 Å². The van der Waals surface area contributed by atoms with Crippen molar-refractivity contribution < 1.29 is 17.9 Å². The quantitative estimate of drug-likeness (QED) is 0.910. The van der Waals surface area contributed by atoms with Crippen molar-refractivity contribution in [2.45, 2.75) is 25.7 Å². The molecule has 1 atom stereocenters. The highest BCUT2D eigenvalue weighted by molar-refractivity contribution is 7.11. The fourth-order valence-electron chi connectivity index (χ4n) is 1.95. The molecule has 1 unspecified atom stereocenters. The van der Waals surface area contributed by atoms with Crippen molar-refractivity contribution >= 4 is 11.3 Å². The number of ether oxygens (including phenoxy) is 1. The summed E-state index contributed by atoms with van der Waals surface area (Å²) in [5.41, 5.74) is 0.926. The van der Waals surface area contributed by atoms with Gasteiger partial charge in [-0.15, -0.1) is 24.5 Å². The molecule has 114 valence electrons. The second-order valence-electron chi connectivity index (χ2n) is 4.52. The molecule has 0 aliphatic rings. The van der Waals surface area contributed by atoms with Crippen LogP contribution in [0.15, 0.2) is 30.5 Å². The Morgan fingerprint density at radius 2 is 1.95 bits per heavy atom. The van der Waals surface area contributed by atoms with Gasteiger partial charge in [0.25, 0.3) is 0 Å². The lowest BCUT2D eigenvalue weighted by atomic mass is 10.1. The van der Waals surface area contributed by atoms with Crippen LogP contribution in [0, 0.1) is 6.92 Å². The summed E-state index contributed by atoms with van der Waals surface area (Å²) >= 11 is 1.60. The van der Waals surface area contributed by atoms with Gasteiger partial charge in [-0.3, -0.25) is 0 Å². The number of nitrogens with zero attached hydrogens (tertiary/aromatic N) is 1. The summed E-state index contributed by atoms with van der Waals surface area (Å²) in [4.78, 5) is 5.32. The highest BCUT2D eigenvalue weighted by atomic mass is 32.1. The maximum Gasteiger partial charge on any atom is 0.573 e. The second kappa shape index (κ2) is 6.44. The van der Waals surface area contributed by atoms with Gasteiger partial charge in [-0.1, -0.05) is 12.1 Å². The van der Waals surface area contributed by atoms with E-state index in [1.165, 1.54) is 12.1 Å². The predicted octanol–water partition coefficient (Wildman–Crippen LogP) is 3.85. The number of rotatable bonds is 5. The van der Waals surface area contributed by atoms with E-state index in [-0.39, 0.29) is 11.8 Å². The highest BCUT2D eigenvalue weighted by Gasteiger charge is 2.30. The summed E-state index contributed by atoms with van der Waals surface area (Å²) in [6.07, 6.45) is -2.16. The zero-order valence-corrected chi connectivity index (χ0v) is 12.4. The largest absolute Gasteiger partial charge is 0.573 e. The lowest BCUT2D eigenvalue weighted by Gasteiger charge is -2.15. The third kappa shape index (κ3) is 4.71. The predicted molar refractivity (Wildman–Crippen MR) is 75.5 cm³/mol. The van der Waals surface area contributed by atoms with Gasteiger partial charge in [0.05, 0.1) is 5.01 Å². The third-order valence-corrected chi connectivity index (χ3v) is 3.95. The van der Waals surface area contributed by atoms with E-state index in [1.54, 1.807) is 23.5 Å². The number of halogens is 3. The second-order valence-corrected chi connectivity index (χ2v) is 5.79. The maximum absolute atomic E-state index is 12.1. The van der Waals surface area contributed by atoms with Crippen LogP contribution in [0.25, 0.3) is 0 Å². The molecule has 1 aromatic heterocycles. The molecule has 0 bridgehead atoms. The van der Waals surface area contributed by atoms with Crippen molar-refractivity contribution in [3.8, 4) is 5.75 Å². The van der Waals surface area contributed by atoms with Gasteiger partial charge in [-0.25, -0.2) is 4.98 Å². The van der Waals surface area contributed by atoms with Gasteiger partial charge in [0.1, 0.15) is 5.75 Å². The Morgan fingerprint density at radius 1 is 1.29 bits per heavy atom. The molecule has 0 aliphatic carbocycles. The number of alkyl halides is 3. The van der Waals surface area contributed by atoms with Crippen LogP contribution in [0.1, 0.15) is 21.5 Å². The van der Waals surface area contributed by atoms with Crippen molar-refractivity contribution in [3.63, 3.8) is 0 Å². The van der Waals surface area contributed by atoms with Gasteiger partial charge in [0, 0.05) is 17.1 Å². The summed E-state index contributed by atoms with van der Waals surface area (Å²) in [5, 5.41) is 4.18. The minimum Gasteiger partial charge on any atom is -0.406 e. The molecule has 0 fully saturated rings. The molecule has 0 radical (unpaired) electrons. The summed E-state index contributed by atoms with van der Waals surface area (Å²) in [6, 6.07) is 6.02. The number of hydrogen-bond acceptors (Lipinski definition) is 4. The fraction of sp³-hybridized carbons (Fsp3) is 0.357. The normalized spacial score (nSPS) is 13.2. The van der Waals surface area contributed by atoms with Crippen LogP contribution in [0.4, 0.5) is 13.2 Å². The molecule has 0 saturated carbocycles. The molecular formula is C14H15F3N2OS. The van der Waals surface area contributed by atoms with Crippen molar-refractivity contribution in [2.24, 2.45) is 0 Å². The molecule has 3 nitrogen and oxygen atoms in total. The zero-order valence-electron chi connectivity index (χ0n) is 11.6. The average molecular weight is 316 g/mol. The van der Waals surface area contributed by atoms with Crippen LogP contribution in [0.5, 0.6) is 5.75 Å². The molecule has 2 aromatic rings. The Balaban J connectivity index is 2.05. The number of aromatic nitrogens is 1. The van der Waals surface area contributed by atoms with E-state index >= 15 is 0 Å². The van der Waals surface area contributed by atoms with E-state index in [9.17, 15) is 13.2 Å². The number of aryl methyl sites for hydroxylation is 1. The van der Waals surface area contributed by atoms with Crippen molar-refractivity contribution in [3.05, 3.63) is 45.9 Å². The first-order chi connectivity index (χ1) is 9.87. The molecule has 0 amide bonds. The fourth-order valence-corrected chi connectivity index (χ4v) is 2.84. The SMILES string of the molecule is CNC(Cc1ccc(OC(F)(F)F)cc1)c1cnc(C)s1. The Bertz CT molecular complexity index is 581. The van der Waals surface area contributed by atoms with E-state index in [2.05, 4.69) is 15.0 Å².